The number of nitrogens with zero attached hydrogens (tertiary/aromatic N) is 5. The van der Waals surface area contributed by atoms with Gasteiger partial charge in [0.1, 0.15) is 18.0 Å². The van der Waals surface area contributed by atoms with E-state index < -0.39 is 0 Å². The van der Waals surface area contributed by atoms with Crippen molar-refractivity contribution in [1.82, 2.24) is 20.0 Å². The van der Waals surface area contributed by atoms with Gasteiger partial charge in [-0.05, 0) is 77.7 Å². The Hall–Kier alpha value is -1.76. The van der Waals surface area contributed by atoms with Crippen LogP contribution < -0.4 is 5.32 Å². The third-order valence-corrected chi connectivity index (χ3v) is 6.54. The van der Waals surface area contributed by atoms with E-state index in [1.807, 2.05) is 0 Å². The Morgan fingerprint density at radius 3 is 2.04 bits per heavy atom. The fraction of sp³-hybridized carbons (Fsp3) is 0.818. The molecule has 3 heterocycles. The highest BCUT2D eigenvalue weighted by molar-refractivity contribution is 5.39. The highest BCUT2D eigenvalue weighted by Crippen LogP contribution is 2.23. The molecule has 0 unspecified atom stereocenters. The molecule has 28 heavy (non-hydrogen) atoms. The second kappa shape index (κ2) is 11.3. The number of hydrogen-bond acceptors (Lipinski definition) is 6. The summed E-state index contributed by atoms with van der Waals surface area (Å²) in [5, 5.41) is 22.3. The molecule has 3 saturated heterocycles. The van der Waals surface area contributed by atoms with Gasteiger partial charge in [0, 0.05) is 25.7 Å². The normalized spacial score (nSPS) is 22.3. The molecule has 0 radical (unpaired) electrons. The highest BCUT2D eigenvalue weighted by Gasteiger charge is 2.27. The van der Waals surface area contributed by atoms with Crippen LogP contribution in [0.15, 0.2) is 11.4 Å². The molecular formula is C22H36N6. The van der Waals surface area contributed by atoms with E-state index in [1.54, 1.807) is 0 Å². The Bertz CT molecular complexity index is 565. The first kappa shape index (κ1) is 21.0. The summed E-state index contributed by atoms with van der Waals surface area (Å²) in [6, 6.07) is 4.89. The predicted molar refractivity (Wildman–Crippen MR) is 111 cm³/mol. The number of hydrogen-bond donors (Lipinski definition) is 1. The predicted octanol–water partition coefficient (Wildman–Crippen LogP) is 2.66. The molecule has 0 aromatic carbocycles. The number of rotatable bonds is 7. The molecule has 0 amide bonds. The summed E-state index contributed by atoms with van der Waals surface area (Å²) in [6.07, 6.45) is 11.3. The van der Waals surface area contributed by atoms with Crippen LogP contribution in [0.3, 0.4) is 0 Å². The topological polar surface area (TPSA) is 69.3 Å². The number of piperidine rings is 3. The molecular weight excluding hydrogens is 348 g/mol. The monoisotopic (exact) mass is 384 g/mol. The van der Waals surface area contributed by atoms with Crippen molar-refractivity contribution in [3.05, 3.63) is 11.4 Å². The van der Waals surface area contributed by atoms with Crippen LogP contribution in [0.2, 0.25) is 0 Å². The Labute approximate surface area is 170 Å². The van der Waals surface area contributed by atoms with Gasteiger partial charge in [-0.3, -0.25) is 0 Å². The zero-order valence-electron chi connectivity index (χ0n) is 17.3. The molecule has 0 aromatic rings. The maximum absolute atomic E-state index is 9.43. The second-order valence-electron chi connectivity index (χ2n) is 8.44. The van der Waals surface area contributed by atoms with Gasteiger partial charge in [0.05, 0.1) is 0 Å². The third kappa shape index (κ3) is 5.87. The molecule has 0 saturated carbocycles. The van der Waals surface area contributed by atoms with Gasteiger partial charge < -0.3 is 20.0 Å². The summed E-state index contributed by atoms with van der Waals surface area (Å²) in [6.45, 7) is 8.71. The maximum atomic E-state index is 9.43. The molecule has 3 rings (SSSR count). The molecule has 154 valence electrons. The quantitative estimate of drug-likeness (QED) is 0.538. The van der Waals surface area contributed by atoms with Crippen molar-refractivity contribution < 1.29 is 0 Å². The summed E-state index contributed by atoms with van der Waals surface area (Å²) in [4.78, 5) is 7.43. The molecule has 3 aliphatic rings. The smallest absolute Gasteiger partial charge is 0.169 e. The van der Waals surface area contributed by atoms with Crippen LogP contribution >= 0.6 is 0 Å². The van der Waals surface area contributed by atoms with Gasteiger partial charge in [0.15, 0.2) is 5.57 Å². The van der Waals surface area contributed by atoms with Crippen LogP contribution in [-0.4, -0.2) is 73.1 Å². The Morgan fingerprint density at radius 2 is 1.43 bits per heavy atom. The van der Waals surface area contributed by atoms with E-state index in [4.69, 9.17) is 0 Å². The number of nitrogens with one attached hydrogen (secondary N) is 1. The van der Waals surface area contributed by atoms with E-state index in [0.717, 1.165) is 51.3 Å². The first-order valence-electron chi connectivity index (χ1n) is 11.3. The SMILES string of the molecule is N#CC(C#N)=C(NCCCN1CCCCC1)N1CCC(N2CCCCC2)CC1. The van der Waals surface area contributed by atoms with Gasteiger partial charge in [-0.25, -0.2) is 0 Å². The van der Waals surface area contributed by atoms with Crippen LogP contribution in [0, 0.1) is 22.7 Å². The van der Waals surface area contributed by atoms with E-state index in [9.17, 15) is 10.5 Å². The standard InChI is InChI=1S/C22H36N6/c23-18-20(19-24)22(25-10-7-13-26-11-3-1-4-12-26)28-16-8-21(9-17-28)27-14-5-2-6-15-27/h21,25H,1-17H2. The highest BCUT2D eigenvalue weighted by atomic mass is 15.3. The molecule has 3 aliphatic heterocycles. The summed E-state index contributed by atoms with van der Waals surface area (Å²) in [7, 11) is 0. The Morgan fingerprint density at radius 1 is 0.821 bits per heavy atom. The maximum Gasteiger partial charge on any atom is 0.169 e. The van der Waals surface area contributed by atoms with Gasteiger partial charge in [-0.1, -0.05) is 12.8 Å². The van der Waals surface area contributed by atoms with Gasteiger partial charge in [0.2, 0.25) is 0 Å². The van der Waals surface area contributed by atoms with Gasteiger partial charge >= 0.3 is 0 Å². The lowest BCUT2D eigenvalue weighted by molar-refractivity contribution is 0.102. The van der Waals surface area contributed by atoms with Crippen LogP contribution in [0.1, 0.15) is 57.8 Å². The van der Waals surface area contributed by atoms with Gasteiger partial charge in [-0.2, -0.15) is 10.5 Å². The van der Waals surface area contributed by atoms with Crippen LogP contribution in [0.25, 0.3) is 0 Å². The lowest BCUT2D eigenvalue weighted by Gasteiger charge is -2.41. The van der Waals surface area contributed by atoms with Crippen molar-refractivity contribution in [2.24, 2.45) is 0 Å². The fourth-order valence-corrected chi connectivity index (χ4v) is 4.92. The average Bonchev–Trinajstić information content (AvgIpc) is 2.77. The zero-order valence-corrected chi connectivity index (χ0v) is 17.3. The van der Waals surface area contributed by atoms with Crippen LogP contribution in [-0.2, 0) is 0 Å². The van der Waals surface area contributed by atoms with Gasteiger partial charge in [-0.15, -0.1) is 0 Å². The number of allylic oxidation sites excluding steroid dienone is 1. The van der Waals surface area contributed by atoms with Crippen molar-refractivity contribution in [3.8, 4) is 12.1 Å². The molecule has 0 bridgehead atoms. The number of likely N-dealkylation sites (tertiary alicyclic amines) is 3. The third-order valence-electron chi connectivity index (χ3n) is 6.54. The van der Waals surface area contributed by atoms with E-state index in [2.05, 4.69) is 32.2 Å². The molecule has 0 spiro atoms. The average molecular weight is 385 g/mol. The van der Waals surface area contributed by atoms with Crippen molar-refractivity contribution in [3.63, 3.8) is 0 Å². The second-order valence-corrected chi connectivity index (χ2v) is 8.44. The van der Waals surface area contributed by atoms with E-state index in [0.29, 0.717) is 6.04 Å². The molecule has 6 nitrogen and oxygen atoms in total. The molecule has 6 heteroatoms. The lowest BCUT2D eigenvalue weighted by Crippen LogP contribution is -2.48. The summed E-state index contributed by atoms with van der Waals surface area (Å²) in [5.41, 5.74) is 0.231. The van der Waals surface area contributed by atoms with Crippen LogP contribution in [0.4, 0.5) is 0 Å². The van der Waals surface area contributed by atoms with Crippen molar-refractivity contribution in [2.45, 2.75) is 63.8 Å². The molecule has 0 aromatic heterocycles. The summed E-state index contributed by atoms with van der Waals surface area (Å²) >= 11 is 0. The van der Waals surface area contributed by atoms with Crippen LogP contribution in [0.5, 0.6) is 0 Å². The first-order chi connectivity index (χ1) is 13.8. The molecule has 0 aliphatic carbocycles. The summed E-state index contributed by atoms with van der Waals surface area (Å²) < 4.78 is 0. The fourth-order valence-electron chi connectivity index (χ4n) is 4.92. The van der Waals surface area contributed by atoms with Crippen molar-refractivity contribution in [2.75, 3.05) is 52.4 Å². The van der Waals surface area contributed by atoms with Crippen molar-refractivity contribution >= 4 is 0 Å². The van der Waals surface area contributed by atoms with E-state index in [1.165, 1.54) is 64.7 Å². The van der Waals surface area contributed by atoms with Gasteiger partial charge in [0.25, 0.3) is 0 Å². The minimum absolute atomic E-state index is 0.231. The minimum Gasteiger partial charge on any atom is -0.370 e. The minimum atomic E-state index is 0.231. The number of nitriles is 2. The lowest BCUT2D eigenvalue weighted by atomic mass is 9.99. The largest absolute Gasteiger partial charge is 0.370 e. The molecule has 3 fully saturated rings. The van der Waals surface area contributed by atoms with E-state index >= 15 is 0 Å². The van der Waals surface area contributed by atoms with Crippen molar-refractivity contribution in [1.29, 1.82) is 10.5 Å². The van der Waals surface area contributed by atoms with E-state index in [-0.39, 0.29) is 5.57 Å². The zero-order chi connectivity index (χ0) is 19.6. The summed E-state index contributed by atoms with van der Waals surface area (Å²) in [5.74, 6) is 0.765. The first-order valence-corrected chi connectivity index (χ1v) is 11.3. The Kier molecular flexibility index (Phi) is 8.45. The molecule has 1 N–H and O–H groups in total. The Balaban J connectivity index is 1.49. The molecule has 0 atom stereocenters.